The third-order valence-corrected chi connectivity index (χ3v) is 8.02. The number of hydrogen-bond acceptors (Lipinski definition) is 3. The van der Waals surface area contributed by atoms with Crippen LogP contribution in [-0.2, 0) is 23.0 Å². The molecule has 0 fully saturated rings. The van der Waals surface area contributed by atoms with Crippen LogP contribution in [0.4, 0.5) is 0 Å². The number of nitrogens with one attached hydrogen (secondary N) is 2. The highest BCUT2D eigenvalue weighted by Gasteiger charge is 2.22. The van der Waals surface area contributed by atoms with Crippen molar-refractivity contribution in [2.45, 2.75) is 36.7 Å². The summed E-state index contributed by atoms with van der Waals surface area (Å²) < 4.78 is 28.1. The molecule has 2 N–H and O–H groups in total. The Morgan fingerprint density at radius 1 is 0.806 bits per heavy atom. The van der Waals surface area contributed by atoms with Gasteiger partial charge in [-0.25, -0.2) is 13.1 Å². The van der Waals surface area contributed by atoms with E-state index in [4.69, 9.17) is 0 Å². The summed E-state index contributed by atoms with van der Waals surface area (Å²) in [4.78, 5) is 13.3. The van der Waals surface area contributed by atoms with Crippen LogP contribution >= 0.6 is 0 Å². The molecule has 0 heterocycles. The quantitative estimate of drug-likeness (QED) is 0.348. The molecule has 5 nitrogen and oxygen atoms in total. The van der Waals surface area contributed by atoms with Gasteiger partial charge in [0.15, 0.2) is 0 Å². The van der Waals surface area contributed by atoms with Gasteiger partial charge < -0.3 is 5.32 Å². The number of hydrogen-bond donors (Lipinski definition) is 2. The van der Waals surface area contributed by atoms with Crippen molar-refractivity contribution < 1.29 is 13.2 Å². The van der Waals surface area contributed by atoms with E-state index in [2.05, 4.69) is 22.2 Å². The zero-order valence-corrected chi connectivity index (χ0v) is 20.7. The molecule has 182 valence electrons. The number of benzene rings is 4. The highest BCUT2D eigenvalue weighted by Crippen LogP contribution is 2.30. The Morgan fingerprint density at radius 2 is 1.56 bits per heavy atom. The van der Waals surface area contributed by atoms with E-state index in [9.17, 15) is 13.2 Å². The maximum atomic E-state index is 13.1. The molecule has 0 spiro atoms. The molecular formula is C30H28N2O3S. The minimum Gasteiger partial charge on any atom is -0.345 e. The first-order valence-corrected chi connectivity index (χ1v) is 13.6. The minimum absolute atomic E-state index is 0.0129. The molecule has 4 aromatic rings. The molecule has 0 saturated heterocycles. The molecule has 1 unspecified atom stereocenters. The molecular weight excluding hydrogens is 468 g/mol. The zero-order valence-electron chi connectivity index (χ0n) is 19.9. The normalized spacial score (nSPS) is 15.2. The number of fused-ring (bicyclic) bond motifs is 1. The predicted molar refractivity (Wildman–Crippen MR) is 142 cm³/mol. The van der Waals surface area contributed by atoms with Gasteiger partial charge in [-0.3, -0.25) is 4.79 Å². The minimum atomic E-state index is -3.63. The van der Waals surface area contributed by atoms with Crippen LogP contribution < -0.4 is 10.0 Å². The van der Waals surface area contributed by atoms with Crippen LogP contribution in [0.3, 0.4) is 0 Å². The van der Waals surface area contributed by atoms with E-state index in [1.807, 2.05) is 60.7 Å². The van der Waals surface area contributed by atoms with E-state index in [0.717, 1.165) is 36.0 Å². The second kappa shape index (κ2) is 10.5. The van der Waals surface area contributed by atoms with Crippen molar-refractivity contribution in [1.82, 2.24) is 10.0 Å². The van der Waals surface area contributed by atoms with Crippen molar-refractivity contribution in [2.75, 3.05) is 0 Å². The first-order chi connectivity index (χ1) is 17.5. The lowest BCUT2D eigenvalue weighted by Gasteiger charge is -2.26. The fourth-order valence-corrected chi connectivity index (χ4v) is 5.69. The van der Waals surface area contributed by atoms with Crippen molar-refractivity contribution >= 4 is 15.9 Å². The van der Waals surface area contributed by atoms with Gasteiger partial charge in [0.25, 0.3) is 5.91 Å². The van der Waals surface area contributed by atoms with Gasteiger partial charge in [0.05, 0.1) is 10.9 Å². The van der Waals surface area contributed by atoms with Crippen molar-refractivity contribution in [1.29, 1.82) is 0 Å². The highest BCUT2D eigenvalue weighted by molar-refractivity contribution is 7.89. The average Bonchev–Trinajstić information content (AvgIpc) is 2.93. The molecule has 5 rings (SSSR count). The van der Waals surface area contributed by atoms with Crippen LogP contribution in [0.15, 0.2) is 108 Å². The summed E-state index contributed by atoms with van der Waals surface area (Å²) in [7, 11) is -3.63. The number of aryl methyl sites for hydroxylation is 1. The molecule has 0 saturated carbocycles. The summed E-state index contributed by atoms with van der Waals surface area (Å²) in [6.45, 7) is 0.230. The Kier molecular flexibility index (Phi) is 6.98. The Labute approximate surface area is 212 Å². The Balaban J connectivity index is 1.29. The summed E-state index contributed by atoms with van der Waals surface area (Å²) in [5.74, 6) is -0.108. The summed E-state index contributed by atoms with van der Waals surface area (Å²) in [5, 5.41) is 3.20. The predicted octanol–water partition coefficient (Wildman–Crippen LogP) is 5.64. The fourth-order valence-electron chi connectivity index (χ4n) is 4.67. The molecule has 0 aliphatic heterocycles. The van der Waals surface area contributed by atoms with E-state index < -0.39 is 10.0 Å². The molecule has 0 bridgehead atoms. The second-order valence-corrected chi connectivity index (χ2v) is 10.8. The van der Waals surface area contributed by atoms with Crippen LogP contribution in [-0.4, -0.2) is 14.3 Å². The number of amides is 1. The summed E-state index contributed by atoms with van der Waals surface area (Å²) in [6.07, 6.45) is 3.03. The van der Waals surface area contributed by atoms with E-state index in [1.165, 1.54) is 11.1 Å². The highest BCUT2D eigenvalue weighted by atomic mass is 32.2. The molecule has 0 aromatic heterocycles. The molecule has 6 heteroatoms. The van der Waals surface area contributed by atoms with E-state index >= 15 is 0 Å². The number of rotatable bonds is 7. The van der Waals surface area contributed by atoms with Crippen molar-refractivity contribution in [2.24, 2.45) is 0 Å². The van der Waals surface area contributed by atoms with Crippen molar-refractivity contribution in [3.63, 3.8) is 0 Å². The molecule has 36 heavy (non-hydrogen) atoms. The standard InChI is InChI=1S/C30H28N2O3S/c33-30(32-29-15-7-11-24-10-4-5-14-28(24)29)26-13-6-12-25(20-26)23-16-18-27(19-17-23)36(34,35)31-21-22-8-2-1-3-9-22/h1-6,8-10,12-14,16-20,29,31H,7,11,15,21H2,(H,32,33). The van der Waals surface area contributed by atoms with Crippen LogP contribution in [0.2, 0.25) is 0 Å². The Morgan fingerprint density at radius 3 is 2.36 bits per heavy atom. The lowest BCUT2D eigenvalue weighted by atomic mass is 9.87. The lowest BCUT2D eigenvalue weighted by molar-refractivity contribution is 0.0932. The van der Waals surface area contributed by atoms with Gasteiger partial charge in [-0.2, -0.15) is 0 Å². The first kappa shape index (κ1) is 24.0. The lowest BCUT2D eigenvalue weighted by Crippen LogP contribution is -2.30. The van der Waals surface area contributed by atoms with E-state index in [0.29, 0.717) is 5.56 Å². The molecule has 0 radical (unpaired) electrons. The van der Waals surface area contributed by atoms with Crippen molar-refractivity contribution in [3.8, 4) is 11.1 Å². The van der Waals surface area contributed by atoms with E-state index in [1.54, 1.807) is 30.3 Å². The van der Waals surface area contributed by atoms with Gasteiger partial charge in [-0.05, 0) is 71.3 Å². The summed E-state index contributed by atoms with van der Waals surface area (Å²) in [5.41, 5.74) is 5.67. The fraction of sp³-hybridized carbons (Fsp3) is 0.167. The van der Waals surface area contributed by atoms with Crippen LogP contribution in [0.25, 0.3) is 11.1 Å². The largest absolute Gasteiger partial charge is 0.345 e. The van der Waals surface area contributed by atoms with Crippen molar-refractivity contribution in [3.05, 3.63) is 125 Å². The Hall–Kier alpha value is -3.74. The number of sulfonamides is 1. The monoisotopic (exact) mass is 496 g/mol. The summed E-state index contributed by atoms with van der Waals surface area (Å²) >= 11 is 0. The van der Waals surface area contributed by atoms with Gasteiger partial charge in [0.2, 0.25) is 10.0 Å². The average molecular weight is 497 g/mol. The van der Waals surface area contributed by atoms with E-state index in [-0.39, 0.29) is 23.4 Å². The van der Waals surface area contributed by atoms with Gasteiger partial charge in [0.1, 0.15) is 0 Å². The third kappa shape index (κ3) is 5.40. The molecule has 1 aliphatic carbocycles. The first-order valence-electron chi connectivity index (χ1n) is 12.1. The smallest absolute Gasteiger partial charge is 0.251 e. The van der Waals surface area contributed by atoms with Crippen LogP contribution in [0.5, 0.6) is 0 Å². The molecule has 1 atom stereocenters. The van der Waals surface area contributed by atoms with Crippen LogP contribution in [0, 0.1) is 0 Å². The topological polar surface area (TPSA) is 75.3 Å². The maximum Gasteiger partial charge on any atom is 0.251 e. The second-order valence-electron chi connectivity index (χ2n) is 9.03. The van der Waals surface area contributed by atoms with Crippen LogP contribution in [0.1, 0.15) is 45.9 Å². The van der Waals surface area contributed by atoms with Gasteiger partial charge in [-0.15, -0.1) is 0 Å². The molecule has 1 aliphatic rings. The summed E-state index contributed by atoms with van der Waals surface area (Å²) in [6, 6.07) is 31.9. The SMILES string of the molecule is O=C(NC1CCCc2ccccc21)c1cccc(-c2ccc(S(=O)(=O)NCc3ccccc3)cc2)c1. The zero-order chi connectivity index (χ0) is 25.0. The third-order valence-electron chi connectivity index (χ3n) is 6.61. The van der Waals surface area contributed by atoms with Gasteiger partial charge >= 0.3 is 0 Å². The molecule has 1 amide bonds. The molecule has 4 aromatic carbocycles. The number of carbonyl (C=O) groups is 1. The van der Waals surface area contributed by atoms with Gasteiger partial charge in [-0.1, -0.05) is 78.9 Å². The van der Waals surface area contributed by atoms with Gasteiger partial charge in [0, 0.05) is 12.1 Å². The maximum absolute atomic E-state index is 13.1. The Bertz CT molecular complexity index is 1470. The number of carbonyl (C=O) groups excluding carboxylic acids is 1.